The van der Waals surface area contributed by atoms with Gasteiger partial charge in [-0.25, -0.2) is 0 Å². The molecule has 0 aliphatic carbocycles. The molecular weight excluding hydrogens is 256 g/mol. The fourth-order valence-corrected chi connectivity index (χ4v) is 2.54. The van der Waals surface area contributed by atoms with Crippen LogP contribution in [-0.4, -0.2) is 25.0 Å². The first-order valence-electron chi connectivity index (χ1n) is 7.06. The first kappa shape index (κ1) is 16.5. The van der Waals surface area contributed by atoms with E-state index in [4.69, 9.17) is 17.3 Å². The highest BCUT2D eigenvalue weighted by atomic mass is 35.5. The molecule has 0 aromatic heterocycles. The monoisotopic (exact) mass is 282 g/mol. The number of hydrogen-bond acceptors (Lipinski definition) is 2. The van der Waals surface area contributed by atoms with Gasteiger partial charge in [-0.1, -0.05) is 43.6 Å². The average molecular weight is 283 g/mol. The summed E-state index contributed by atoms with van der Waals surface area (Å²) in [5, 5.41) is 0.859. The molecule has 0 heterocycles. The Labute approximate surface area is 122 Å². The zero-order valence-electron chi connectivity index (χ0n) is 12.5. The lowest BCUT2D eigenvalue weighted by atomic mass is 9.84. The van der Waals surface area contributed by atoms with Gasteiger partial charge in [0.1, 0.15) is 0 Å². The Morgan fingerprint density at radius 2 is 1.89 bits per heavy atom. The minimum absolute atomic E-state index is 0.361. The van der Waals surface area contributed by atoms with E-state index in [1.165, 1.54) is 18.4 Å². The van der Waals surface area contributed by atoms with Gasteiger partial charge >= 0.3 is 0 Å². The first-order chi connectivity index (χ1) is 8.94. The molecule has 0 radical (unpaired) electrons. The van der Waals surface area contributed by atoms with Crippen molar-refractivity contribution >= 4 is 11.6 Å². The number of rotatable bonds is 8. The quantitative estimate of drug-likeness (QED) is 0.783. The van der Waals surface area contributed by atoms with Crippen molar-refractivity contribution in [2.24, 2.45) is 11.1 Å². The summed E-state index contributed by atoms with van der Waals surface area (Å²) in [5.74, 6) is 0. The number of halogens is 1. The van der Waals surface area contributed by atoms with Crippen molar-refractivity contribution < 1.29 is 0 Å². The van der Waals surface area contributed by atoms with Crippen LogP contribution in [0.25, 0.3) is 0 Å². The van der Waals surface area contributed by atoms with Crippen LogP contribution in [0.1, 0.15) is 38.7 Å². The molecule has 0 fully saturated rings. The second-order valence-electron chi connectivity index (χ2n) is 6.14. The summed E-state index contributed by atoms with van der Waals surface area (Å²) in [6.07, 6.45) is 3.52. The van der Waals surface area contributed by atoms with Crippen molar-refractivity contribution in [2.75, 3.05) is 20.1 Å². The molecule has 0 unspecified atom stereocenters. The van der Waals surface area contributed by atoms with Gasteiger partial charge in [0, 0.05) is 11.6 Å². The van der Waals surface area contributed by atoms with E-state index in [0.29, 0.717) is 5.41 Å². The maximum Gasteiger partial charge on any atom is 0.0451 e. The Kier molecular flexibility index (Phi) is 6.84. The highest BCUT2D eigenvalue weighted by Gasteiger charge is 2.16. The van der Waals surface area contributed by atoms with Crippen molar-refractivity contribution in [3.05, 3.63) is 34.9 Å². The fraction of sp³-hybridized carbons (Fsp3) is 0.625. The maximum atomic E-state index is 6.18. The third kappa shape index (κ3) is 6.42. The van der Waals surface area contributed by atoms with E-state index in [0.717, 1.165) is 31.1 Å². The zero-order valence-corrected chi connectivity index (χ0v) is 13.2. The van der Waals surface area contributed by atoms with Gasteiger partial charge in [-0.2, -0.15) is 0 Å². The summed E-state index contributed by atoms with van der Waals surface area (Å²) in [6.45, 7) is 7.39. The van der Waals surface area contributed by atoms with Crippen LogP contribution < -0.4 is 5.73 Å². The minimum Gasteiger partial charge on any atom is -0.330 e. The maximum absolute atomic E-state index is 6.18. The van der Waals surface area contributed by atoms with Crippen LogP contribution >= 0.6 is 11.6 Å². The lowest BCUT2D eigenvalue weighted by Crippen LogP contribution is -2.22. The molecule has 2 N–H and O–H groups in total. The Hall–Kier alpha value is -0.570. The molecule has 0 aliphatic rings. The van der Waals surface area contributed by atoms with Crippen molar-refractivity contribution in [2.45, 2.75) is 39.7 Å². The first-order valence-corrected chi connectivity index (χ1v) is 7.44. The number of benzene rings is 1. The normalized spacial score (nSPS) is 12.1. The third-order valence-corrected chi connectivity index (χ3v) is 3.98. The van der Waals surface area contributed by atoms with Crippen molar-refractivity contribution in [3.8, 4) is 0 Å². The topological polar surface area (TPSA) is 29.3 Å². The molecule has 0 saturated carbocycles. The van der Waals surface area contributed by atoms with Gasteiger partial charge in [0.05, 0.1) is 0 Å². The molecule has 2 nitrogen and oxygen atoms in total. The molecule has 1 aromatic carbocycles. The van der Waals surface area contributed by atoms with Gasteiger partial charge in [0.15, 0.2) is 0 Å². The standard InChI is InChI=1S/C16H27ClN2/c1-16(2,10-11-18)9-6-12-19(3)13-14-7-4-5-8-15(14)17/h4-5,7-8H,6,9-13,18H2,1-3H3. The van der Waals surface area contributed by atoms with E-state index < -0.39 is 0 Å². The van der Waals surface area contributed by atoms with E-state index >= 15 is 0 Å². The lowest BCUT2D eigenvalue weighted by Gasteiger charge is -2.25. The molecule has 1 rings (SSSR count). The van der Waals surface area contributed by atoms with E-state index in [1.54, 1.807) is 0 Å². The Morgan fingerprint density at radius 1 is 1.21 bits per heavy atom. The highest BCUT2D eigenvalue weighted by molar-refractivity contribution is 6.31. The summed E-state index contributed by atoms with van der Waals surface area (Å²) < 4.78 is 0. The molecule has 0 spiro atoms. The van der Waals surface area contributed by atoms with Crippen LogP contribution in [0, 0.1) is 5.41 Å². The summed E-state index contributed by atoms with van der Waals surface area (Å²) in [7, 11) is 2.15. The van der Waals surface area contributed by atoms with Gasteiger partial charge in [-0.05, 0) is 56.4 Å². The number of nitrogens with two attached hydrogens (primary N) is 1. The van der Waals surface area contributed by atoms with Crippen LogP contribution in [0.4, 0.5) is 0 Å². The molecule has 0 amide bonds. The second kappa shape index (κ2) is 7.88. The molecule has 0 bridgehead atoms. The Bertz CT molecular complexity index is 377. The predicted molar refractivity (Wildman–Crippen MR) is 84.5 cm³/mol. The summed E-state index contributed by atoms with van der Waals surface area (Å²) in [4.78, 5) is 2.33. The van der Waals surface area contributed by atoms with Gasteiger partial charge in [-0.3, -0.25) is 0 Å². The Balaban J connectivity index is 2.32. The molecule has 1 aromatic rings. The van der Waals surface area contributed by atoms with Crippen molar-refractivity contribution in [1.29, 1.82) is 0 Å². The van der Waals surface area contributed by atoms with Crippen LogP contribution in [0.2, 0.25) is 5.02 Å². The van der Waals surface area contributed by atoms with E-state index in [-0.39, 0.29) is 0 Å². The largest absolute Gasteiger partial charge is 0.330 e. The SMILES string of the molecule is CN(CCCC(C)(C)CCN)Cc1ccccc1Cl. The predicted octanol–water partition coefficient (Wildman–Crippen LogP) is 3.93. The molecule has 0 aliphatic heterocycles. The lowest BCUT2D eigenvalue weighted by molar-refractivity contribution is 0.259. The Morgan fingerprint density at radius 3 is 2.53 bits per heavy atom. The highest BCUT2D eigenvalue weighted by Crippen LogP contribution is 2.26. The fourth-order valence-electron chi connectivity index (χ4n) is 2.34. The average Bonchev–Trinajstić information content (AvgIpc) is 2.31. The molecule has 3 heteroatoms. The molecule has 19 heavy (non-hydrogen) atoms. The van der Waals surface area contributed by atoms with Crippen LogP contribution in [0.3, 0.4) is 0 Å². The van der Waals surface area contributed by atoms with E-state index in [2.05, 4.69) is 31.9 Å². The van der Waals surface area contributed by atoms with Crippen molar-refractivity contribution in [3.63, 3.8) is 0 Å². The van der Waals surface area contributed by atoms with E-state index in [9.17, 15) is 0 Å². The molecular formula is C16H27ClN2. The number of nitrogens with zero attached hydrogens (tertiary/aromatic N) is 1. The molecule has 0 atom stereocenters. The summed E-state index contributed by atoms with van der Waals surface area (Å²) in [6, 6.07) is 8.06. The summed E-state index contributed by atoms with van der Waals surface area (Å²) >= 11 is 6.18. The third-order valence-electron chi connectivity index (χ3n) is 3.61. The van der Waals surface area contributed by atoms with Gasteiger partial charge < -0.3 is 10.6 Å². The number of hydrogen-bond donors (Lipinski definition) is 1. The van der Waals surface area contributed by atoms with Crippen LogP contribution in [0.5, 0.6) is 0 Å². The van der Waals surface area contributed by atoms with Crippen molar-refractivity contribution in [1.82, 2.24) is 4.90 Å². The van der Waals surface area contributed by atoms with Gasteiger partial charge in [-0.15, -0.1) is 0 Å². The van der Waals surface area contributed by atoms with Gasteiger partial charge in [0.2, 0.25) is 0 Å². The van der Waals surface area contributed by atoms with Gasteiger partial charge in [0.25, 0.3) is 0 Å². The molecule has 108 valence electrons. The second-order valence-corrected chi connectivity index (χ2v) is 6.54. The summed E-state index contributed by atoms with van der Waals surface area (Å²) in [5.41, 5.74) is 7.20. The smallest absolute Gasteiger partial charge is 0.0451 e. The van der Waals surface area contributed by atoms with Crippen LogP contribution in [-0.2, 0) is 6.54 Å². The minimum atomic E-state index is 0.361. The zero-order chi connectivity index (χ0) is 14.3. The van der Waals surface area contributed by atoms with E-state index in [1.807, 2.05) is 18.2 Å². The van der Waals surface area contributed by atoms with Crippen LogP contribution in [0.15, 0.2) is 24.3 Å². The molecule has 0 saturated heterocycles.